The number of nitrogens with zero attached hydrogens (tertiary/aromatic N) is 3. The lowest BCUT2D eigenvalue weighted by Crippen LogP contribution is -2.29. The molecular weight excluding hydrogens is 383 g/mol. The number of benzene rings is 2. The summed E-state index contributed by atoms with van der Waals surface area (Å²) in [6.45, 7) is 0. The van der Waals surface area contributed by atoms with Crippen LogP contribution in [0.3, 0.4) is 0 Å². The number of amides is 2. The van der Waals surface area contributed by atoms with Crippen molar-refractivity contribution in [3.05, 3.63) is 76.7 Å². The summed E-state index contributed by atoms with van der Waals surface area (Å²) in [4.78, 5) is 31.4. The Hall–Kier alpha value is -3.58. The van der Waals surface area contributed by atoms with Gasteiger partial charge in [-0.3, -0.25) is 14.7 Å². The van der Waals surface area contributed by atoms with Crippen molar-refractivity contribution >= 4 is 40.1 Å². The summed E-state index contributed by atoms with van der Waals surface area (Å²) in [6, 6.07) is 12.4. The Balaban J connectivity index is 1.75. The van der Waals surface area contributed by atoms with Crippen LogP contribution in [0, 0.1) is 5.82 Å². The van der Waals surface area contributed by atoms with Crippen LogP contribution >= 0.6 is 11.6 Å². The molecule has 4 aromatic rings. The fourth-order valence-corrected chi connectivity index (χ4v) is 3.59. The van der Waals surface area contributed by atoms with Crippen LogP contribution in [0.2, 0.25) is 5.02 Å². The summed E-state index contributed by atoms with van der Waals surface area (Å²) in [5.74, 6) is -1.40. The number of aromatic amines is 1. The van der Waals surface area contributed by atoms with Crippen LogP contribution in [-0.4, -0.2) is 27.0 Å². The average Bonchev–Trinajstić information content (AvgIpc) is 3.23. The number of fused-ring (bicyclic) bond motifs is 3. The average molecular weight is 393 g/mol. The molecule has 0 spiro atoms. The standard InChI is InChI=1S/C20H10ClFN4O2/c21-13-3-1-2-4-14(13)26-19(27)12-9-23-18-16(15(12)20(26)28)17(24-25-18)10-5-7-11(22)8-6-10/h1-9H,(H,23,24,25). The second-order valence-corrected chi connectivity index (χ2v) is 6.66. The molecule has 0 saturated carbocycles. The number of pyridine rings is 1. The molecule has 2 amide bonds. The van der Waals surface area contributed by atoms with E-state index in [2.05, 4.69) is 15.2 Å². The third-order valence-corrected chi connectivity index (χ3v) is 4.98. The zero-order chi connectivity index (χ0) is 19.4. The highest BCUT2D eigenvalue weighted by molar-refractivity contribution is 6.41. The van der Waals surface area contributed by atoms with E-state index in [9.17, 15) is 14.0 Å². The molecule has 1 aliphatic rings. The van der Waals surface area contributed by atoms with Gasteiger partial charge in [0.05, 0.1) is 32.9 Å². The first-order valence-electron chi connectivity index (χ1n) is 8.32. The molecule has 28 heavy (non-hydrogen) atoms. The van der Waals surface area contributed by atoms with Gasteiger partial charge in [-0.15, -0.1) is 0 Å². The van der Waals surface area contributed by atoms with Gasteiger partial charge in [-0.05, 0) is 36.4 Å². The van der Waals surface area contributed by atoms with E-state index >= 15 is 0 Å². The summed E-state index contributed by atoms with van der Waals surface area (Å²) in [5, 5.41) is 7.67. The number of carbonyl (C=O) groups is 2. The lowest BCUT2D eigenvalue weighted by atomic mass is 10.0. The van der Waals surface area contributed by atoms with E-state index in [1.165, 1.54) is 18.3 Å². The van der Waals surface area contributed by atoms with Crippen LogP contribution in [0.4, 0.5) is 10.1 Å². The van der Waals surface area contributed by atoms with Crippen LogP contribution in [0.5, 0.6) is 0 Å². The van der Waals surface area contributed by atoms with Crippen LogP contribution in [0.25, 0.3) is 22.3 Å². The molecule has 0 fully saturated rings. The van der Waals surface area contributed by atoms with E-state index in [0.29, 0.717) is 28.0 Å². The molecule has 0 saturated heterocycles. The summed E-state index contributed by atoms with van der Waals surface area (Å²) in [6.07, 6.45) is 1.34. The number of hydrogen-bond acceptors (Lipinski definition) is 4. The molecule has 0 atom stereocenters. The Morgan fingerprint density at radius 3 is 2.50 bits per heavy atom. The lowest BCUT2D eigenvalue weighted by molar-refractivity contribution is 0.0926. The number of para-hydroxylation sites is 1. The zero-order valence-electron chi connectivity index (χ0n) is 14.1. The Morgan fingerprint density at radius 1 is 1.00 bits per heavy atom. The van der Waals surface area contributed by atoms with Crippen molar-refractivity contribution in [3.63, 3.8) is 0 Å². The number of carbonyl (C=O) groups excluding carboxylic acids is 2. The molecule has 3 heterocycles. The highest BCUT2D eigenvalue weighted by atomic mass is 35.5. The van der Waals surface area contributed by atoms with E-state index < -0.39 is 11.8 Å². The number of anilines is 1. The number of imide groups is 1. The molecule has 0 unspecified atom stereocenters. The number of hydrogen-bond donors (Lipinski definition) is 1. The maximum absolute atomic E-state index is 13.3. The summed E-state index contributed by atoms with van der Waals surface area (Å²) in [7, 11) is 0. The second kappa shape index (κ2) is 5.97. The maximum Gasteiger partial charge on any atom is 0.267 e. The molecule has 6 nitrogen and oxygen atoms in total. The minimum absolute atomic E-state index is 0.169. The molecule has 1 N–H and O–H groups in total. The summed E-state index contributed by atoms with van der Waals surface area (Å²) >= 11 is 6.20. The predicted molar refractivity (Wildman–Crippen MR) is 102 cm³/mol. The van der Waals surface area contributed by atoms with Crippen molar-refractivity contribution in [2.75, 3.05) is 4.90 Å². The largest absolute Gasteiger partial charge is 0.275 e. The first-order valence-corrected chi connectivity index (χ1v) is 8.70. The molecule has 0 aliphatic carbocycles. The Morgan fingerprint density at radius 2 is 1.75 bits per heavy atom. The van der Waals surface area contributed by atoms with Gasteiger partial charge in [-0.1, -0.05) is 23.7 Å². The van der Waals surface area contributed by atoms with E-state index in [1.807, 2.05) is 0 Å². The molecule has 136 valence electrons. The quantitative estimate of drug-likeness (QED) is 0.518. The molecule has 2 aromatic carbocycles. The molecule has 0 radical (unpaired) electrons. The fourth-order valence-electron chi connectivity index (χ4n) is 3.37. The smallest absolute Gasteiger partial charge is 0.267 e. The maximum atomic E-state index is 13.3. The van der Waals surface area contributed by atoms with Crippen LogP contribution < -0.4 is 4.90 Å². The number of H-pyrrole nitrogens is 1. The van der Waals surface area contributed by atoms with Crippen molar-refractivity contribution in [1.29, 1.82) is 0 Å². The van der Waals surface area contributed by atoms with Gasteiger partial charge in [-0.2, -0.15) is 5.10 Å². The van der Waals surface area contributed by atoms with Crippen LogP contribution in [0.1, 0.15) is 20.7 Å². The van der Waals surface area contributed by atoms with E-state index in [0.717, 1.165) is 4.90 Å². The molecular formula is C20H10ClFN4O2. The fraction of sp³-hybridized carbons (Fsp3) is 0. The number of halogens is 2. The van der Waals surface area contributed by atoms with Crippen molar-refractivity contribution in [2.24, 2.45) is 0 Å². The van der Waals surface area contributed by atoms with Crippen molar-refractivity contribution in [3.8, 4) is 11.3 Å². The van der Waals surface area contributed by atoms with Gasteiger partial charge in [-0.25, -0.2) is 14.3 Å². The van der Waals surface area contributed by atoms with Gasteiger partial charge in [0.2, 0.25) is 0 Å². The highest BCUT2D eigenvalue weighted by Crippen LogP contribution is 2.38. The number of rotatable bonds is 2. The van der Waals surface area contributed by atoms with Crippen molar-refractivity contribution < 1.29 is 14.0 Å². The summed E-state index contributed by atoms with van der Waals surface area (Å²) < 4.78 is 13.3. The molecule has 5 rings (SSSR count). The van der Waals surface area contributed by atoms with Gasteiger partial charge < -0.3 is 0 Å². The normalized spacial score (nSPS) is 13.4. The number of aromatic nitrogens is 3. The zero-order valence-corrected chi connectivity index (χ0v) is 14.9. The van der Waals surface area contributed by atoms with E-state index in [-0.39, 0.29) is 22.0 Å². The lowest BCUT2D eigenvalue weighted by Gasteiger charge is -2.15. The van der Waals surface area contributed by atoms with Gasteiger partial charge in [0.1, 0.15) is 5.82 Å². The highest BCUT2D eigenvalue weighted by Gasteiger charge is 2.40. The number of nitrogens with one attached hydrogen (secondary N) is 1. The van der Waals surface area contributed by atoms with Crippen LogP contribution in [-0.2, 0) is 0 Å². The Kier molecular flexibility index (Phi) is 3.53. The van der Waals surface area contributed by atoms with Gasteiger partial charge in [0.15, 0.2) is 5.65 Å². The predicted octanol–water partition coefficient (Wildman–Crippen LogP) is 4.22. The Bertz CT molecular complexity index is 1280. The van der Waals surface area contributed by atoms with E-state index in [1.54, 1.807) is 36.4 Å². The SMILES string of the molecule is O=C1c2cnc3n[nH]c(-c4ccc(F)cc4)c3c2C(=O)N1c1ccccc1Cl. The minimum Gasteiger partial charge on any atom is -0.275 e. The summed E-state index contributed by atoms with van der Waals surface area (Å²) in [5.41, 5.74) is 2.07. The monoisotopic (exact) mass is 392 g/mol. The van der Waals surface area contributed by atoms with Gasteiger partial charge in [0.25, 0.3) is 11.8 Å². The van der Waals surface area contributed by atoms with Crippen molar-refractivity contribution in [2.45, 2.75) is 0 Å². The van der Waals surface area contributed by atoms with Crippen molar-refractivity contribution in [1.82, 2.24) is 15.2 Å². The molecule has 1 aliphatic heterocycles. The third-order valence-electron chi connectivity index (χ3n) is 4.66. The second-order valence-electron chi connectivity index (χ2n) is 6.25. The third kappa shape index (κ3) is 2.26. The van der Waals surface area contributed by atoms with Gasteiger partial charge >= 0.3 is 0 Å². The molecule has 0 bridgehead atoms. The Labute approximate surface area is 162 Å². The minimum atomic E-state index is -0.509. The van der Waals surface area contributed by atoms with Gasteiger partial charge in [0, 0.05) is 11.8 Å². The molecule has 2 aromatic heterocycles. The van der Waals surface area contributed by atoms with Crippen LogP contribution in [0.15, 0.2) is 54.7 Å². The topological polar surface area (TPSA) is 79.0 Å². The molecule has 8 heteroatoms. The van der Waals surface area contributed by atoms with E-state index in [4.69, 9.17) is 11.6 Å². The first kappa shape index (κ1) is 16.6. The first-order chi connectivity index (χ1) is 13.6.